The van der Waals surface area contributed by atoms with Crippen molar-refractivity contribution in [1.82, 2.24) is 5.43 Å². The molecule has 0 radical (unpaired) electrons. The van der Waals surface area contributed by atoms with Crippen molar-refractivity contribution in [2.75, 3.05) is 0 Å². The number of hydrogen-bond donors (Lipinski definition) is 2. The number of fused-ring (bicyclic) bond motifs is 1. The number of hydrazine groups is 1. The van der Waals surface area contributed by atoms with Crippen molar-refractivity contribution >= 4 is 0 Å². The van der Waals surface area contributed by atoms with E-state index in [1.165, 1.54) is 11.1 Å². The maximum Gasteiger partial charge on any atom is 0.0422 e. The number of nitrogens with two attached hydrogens (primary N) is 1. The van der Waals surface area contributed by atoms with E-state index in [-0.39, 0.29) is 6.04 Å². The average Bonchev–Trinajstić information content (AvgIpc) is 2.63. The van der Waals surface area contributed by atoms with Crippen molar-refractivity contribution in [3.8, 4) is 0 Å². The van der Waals surface area contributed by atoms with Gasteiger partial charge in [0.1, 0.15) is 0 Å². The summed E-state index contributed by atoms with van der Waals surface area (Å²) in [7, 11) is 0. The lowest BCUT2D eigenvalue weighted by atomic mass is 9.97. The Morgan fingerprint density at radius 3 is 2.36 bits per heavy atom. The van der Waals surface area contributed by atoms with Crippen LogP contribution >= 0.6 is 0 Å². The Bertz CT molecular complexity index is 308. The fourth-order valence-electron chi connectivity index (χ4n) is 2.24. The largest absolute Gasteiger partial charge is 0.271 e. The van der Waals surface area contributed by atoms with Gasteiger partial charge in [0.2, 0.25) is 0 Å². The second kappa shape index (κ2) is 3.95. The van der Waals surface area contributed by atoms with Crippen LogP contribution < -0.4 is 11.3 Å². The van der Waals surface area contributed by atoms with Gasteiger partial charge in [0, 0.05) is 6.04 Å². The quantitative estimate of drug-likeness (QED) is 0.428. The first-order valence-corrected chi connectivity index (χ1v) is 5.00. The van der Waals surface area contributed by atoms with Gasteiger partial charge in [-0.05, 0) is 29.9 Å². The molecule has 2 rings (SSSR count). The third kappa shape index (κ3) is 1.59. The molecule has 1 aromatic rings. The Labute approximate surface area is 84.8 Å². The van der Waals surface area contributed by atoms with Crippen LogP contribution in [-0.2, 0) is 12.8 Å². The Morgan fingerprint density at radius 1 is 1.36 bits per heavy atom. The van der Waals surface area contributed by atoms with Gasteiger partial charge in [0.25, 0.3) is 0 Å². The van der Waals surface area contributed by atoms with Gasteiger partial charge in [-0.2, -0.15) is 0 Å². The van der Waals surface area contributed by atoms with Crippen molar-refractivity contribution in [3.05, 3.63) is 48.0 Å². The van der Waals surface area contributed by atoms with Crippen LogP contribution in [0.1, 0.15) is 11.1 Å². The van der Waals surface area contributed by atoms with Crippen LogP contribution in [0.15, 0.2) is 36.9 Å². The molecule has 1 atom stereocenters. The first-order chi connectivity index (χ1) is 6.85. The highest BCUT2D eigenvalue weighted by Gasteiger charge is 2.25. The molecule has 0 spiro atoms. The summed E-state index contributed by atoms with van der Waals surface area (Å²) in [5.41, 5.74) is 5.73. The number of nitrogens with one attached hydrogen (secondary N) is 1. The van der Waals surface area contributed by atoms with E-state index in [1.54, 1.807) is 0 Å². The maximum atomic E-state index is 5.48. The lowest BCUT2D eigenvalue weighted by molar-refractivity contribution is 0.429. The molecule has 0 amide bonds. The van der Waals surface area contributed by atoms with Gasteiger partial charge in [0.05, 0.1) is 0 Å². The molecule has 1 unspecified atom stereocenters. The number of benzene rings is 1. The first kappa shape index (κ1) is 9.44. The van der Waals surface area contributed by atoms with Crippen LogP contribution in [0, 0.1) is 5.92 Å². The van der Waals surface area contributed by atoms with Gasteiger partial charge < -0.3 is 0 Å². The van der Waals surface area contributed by atoms with Crippen molar-refractivity contribution in [3.63, 3.8) is 0 Å². The van der Waals surface area contributed by atoms with Gasteiger partial charge in [-0.3, -0.25) is 11.3 Å². The summed E-state index contributed by atoms with van der Waals surface area (Å²) >= 11 is 0. The standard InChI is InChI=1S/C12H16N2/c1-2-12(14-13)11-7-9-5-3-4-6-10(9)8-11/h2-6,11-12,14H,1,7-8,13H2. The minimum atomic E-state index is 0.224. The molecule has 2 nitrogen and oxygen atoms in total. The predicted octanol–water partition coefficient (Wildman–Crippen LogP) is 1.42. The van der Waals surface area contributed by atoms with Gasteiger partial charge in [-0.15, -0.1) is 6.58 Å². The third-order valence-electron chi connectivity index (χ3n) is 3.04. The molecule has 0 aliphatic heterocycles. The smallest absolute Gasteiger partial charge is 0.0422 e. The minimum Gasteiger partial charge on any atom is -0.271 e. The van der Waals surface area contributed by atoms with E-state index in [4.69, 9.17) is 5.84 Å². The number of hydrogen-bond acceptors (Lipinski definition) is 2. The van der Waals surface area contributed by atoms with Crippen molar-refractivity contribution in [1.29, 1.82) is 0 Å². The van der Waals surface area contributed by atoms with Crippen LogP contribution in [0.4, 0.5) is 0 Å². The molecule has 0 bridgehead atoms. The molecule has 0 fully saturated rings. The zero-order chi connectivity index (χ0) is 9.97. The minimum absolute atomic E-state index is 0.224. The zero-order valence-electron chi connectivity index (χ0n) is 8.24. The molecule has 74 valence electrons. The molecule has 0 saturated heterocycles. The second-order valence-electron chi connectivity index (χ2n) is 3.87. The monoisotopic (exact) mass is 188 g/mol. The second-order valence-corrected chi connectivity index (χ2v) is 3.87. The fraction of sp³-hybridized carbons (Fsp3) is 0.333. The molecular weight excluding hydrogens is 172 g/mol. The molecular formula is C12H16N2. The van der Waals surface area contributed by atoms with E-state index in [2.05, 4.69) is 36.3 Å². The highest BCUT2D eigenvalue weighted by molar-refractivity contribution is 5.33. The molecule has 0 aromatic heterocycles. The maximum absolute atomic E-state index is 5.48. The van der Waals surface area contributed by atoms with Crippen LogP contribution in [-0.4, -0.2) is 6.04 Å². The molecule has 14 heavy (non-hydrogen) atoms. The third-order valence-corrected chi connectivity index (χ3v) is 3.04. The summed E-state index contributed by atoms with van der Waals surface area (Å²) in [4.78, 5) is 0. The Morgan fingerprint density at radius 2 is 1.93 bits per heavy atom. The van der Waals surface area contributed by atoms with Crippen molar-refractivity contribution in [2.24, 2.45) is 11.8 Å². The lowest BCUT2D eigenvalue weighted by Gasteiger charge is -2.18. The Balaban J connectivity index is 2.14. The summed E-state index contributed by atoms with van der Waals surface area (Å²) in [5.74, 6) is 6.04. The van der Waals surface area contributed by atoms with Crippen molar-refractivity contribution < 1.29 is 0 Å². The van der Waals surface area contributed by atoms with E-state index >= 15 is 0 Å². The molecule has 1 aliphatic rings. The summed E-state index contributed by atoms with van der Waals surface area (Å²) in [5, 5.41) is 0. The van der Waals surface area contributed by atoms with Crippen LogP contribution in [0.3, 0.4) is 0 Å². The topological polar surface area (TPSA) is 38.0 Å². The van der Waals surface area contributed by atoms with E-state index in [0.29, 0.717) is 5.92 Å². The van der Waals surface area contributed by atoms with Crippen LogP contribution in [0.5, 0.6) is 0 Å². The molecule has 1 aliphatic carbocycles. The Kier molecular flexibility index (Phi) is 2.66. The van der Waals surface area contributed by atoms with Gasteiger partial charge >= 0.3 is 0 Å². The van der Waals surface area contributed by atoms with Gasteiger partial charge in [-0.1, -0.05) is 30.3 Å². The predicted molar refractivity (Wildman–Crippen MR) is 58.6 cm³/mol. The molecule has 1 aromatic carbocycles. The van der Waals surface area contributed by atoms with E-state index in [9.17, 15) is 0 Å². The molecule has 0 saturated carbocycles. The number of rotatable bonds is 3. The lowest BCUT2D eigenvalue weighted by Crippen LogP contribution is -2.39. The zero-order valence-corrected chi connectivity index (χ0v) is 8.24. The average molecular weight is 188 g/mol. The molecule has 2 heteroatoms. The normalized spacial score (nSPS) is 17.8. The summed E-state index contributed by atoms with van der Waals surface area (Å²) in [6, 6.07) is 8.82. The van der Waals surface area contributed by atoms with Gasteiger partial charge in [-0.25, -0.2) is 0 Å². The Hall–Kier alpha value is -1.12. The fourth-order valence-corrected chi connectivity index (χ4v) is 2.24. The SMILES string of the molecule is C=CC(NN)C1Cc2ccccc2C1. The molecule has 3 N–H and O–H groups in total. The van der Waals surface area contributed by atoms with Gasteiger partial charge in [0.15, 0.2) is 0 Å². The first-order valence-electron chi connectivity index (χ1n) is 5.00. The highest BCUT2D eigenvalue weighted by atomic mass is 15.2. The van der Waals surface area contributed by atoms with E-state index < -0.39 is 0 Å². The summed E-state index contributed by atoms with van der Waals surface area (Å²) < 4.78 is 0. The van der Waals surface area contributed by atoms with Crippen LogP contribution in [0.25, 0.3) is 0 Å². The van der Waals surface area contributed by atoms with Crippen LogP contribution in [0.2, 0.25) is 0 Å². The van der Waals surface area contributed by atoms with Crippen molar-refractivity contribution in [2.45, 2.75) is 18.9 Å². The highest BCUT2D eigenvalue weighted by Crippen LogP contribution is 2.28. The summed E-state index contributed by atoms with van der Waals surface area (Å²) in [6.07, 6.45) is 4.12. The van der Waals surface area contributed by atoms with E-state index in [0.717, 1.165) is 12.8 Å². The summed E-state index contributed by atoms with van der Waals surface area (Å²) in [6.45, 7) is 3.80. The van der Waals surface area contributed by atoms with E-state index in [1.807, 2.05) is 6.08 Å². The molecule has 0 heterocycles.